The molecule has 0 aromatic rings. The van der Waals surface area contributed by atoms with Crippen LogP contribution in [0.1, 0.15) is 47.0 Å². The van der Waals surface area contributed by atoms with Crippen LogP contribution in [0.4, 0.5) is 0 Å². The molecule has 100 valence electrons. The first-order chi connectivity index (χ1) is 7.95. The Kier molecular flexibility index (Phi) is 5.60. The highest BCUT2D eigenvalue weighted by molar-refractivity contribution is 5.81. The molecule has 0 bridgehead atoms. The minimum Gasteiger partial charge on any atom is -0.377 e. The summed E-state index contributed by atoms with van der Waals surface area (Å²) in [5, 5.41) is 0. The van der Waals surface area contributed by atoms with Crippen molar-refractivity contribution in [1.82, 2.24) is 4.90 Å². The second-order valence-corrected chi connectivity index (χ2v) is 5.81. The quantitative estimate of drug-likeness (QED) is 0.715. The molecule has 1 fully saturated rings. The molecule has 3 heteroatoms. The van der Waals surface area contributed by atoms with Gasteiger partial charge in [0.15, 0.2) is 0 Å². The van der Waals surface area contributed by atoms with E-state index >= 15 is 0 Å². The van der Waals surface area contributed by atoms with Crippen molar-refractivity contribution in [1.29, 1.82) is 0 Å². The number of Topliss-reactive ketones (excluding diaryl/α,β-unsaturated/α-hetero) is 1. The molecule has 3 nitrogen and oxygen atoms in total. The lowest BCUT2D eigenvalue weighted by Gasteiger charge is -2.36. The van der Waals surface area contributed by atoms with Crippen molar-refractivity contribution in [3.63, 3.8) is 0 Å². The van der Waals surface area contributed by atoms with Crippen LogP contribution in [-0.4, -0.2) is 43.0 Å². The van der Waals surface area contributed by atoms with Crippen molar-refractivity contribution >= 4 is 5.78 Å². The van der Waals surface area contributed by atoms with Gasteiger partial charge in [-0.2, -0.15) is 0 Å². The van der Waals surface area contributed by atoms with E-state index in [2.05, 4.69) is 11.8 Å². The van der Waals surface area contributed by atoms with E-state index in [1.54, 1.807) is 6.92 Å². The first kappa shape index (κ1) is 14.7. The number of hydrogen-bond donors (Lipinski definition) is 0. The Labute approximate surface area is 106 Å². The monoisotopic (exact) mass is 241 g/mol. The Bertz CT molecular complexity index is 251. The van der Waals surface area contributed by atoms with E-state index in [9.17, 15) is 4.79 Å². The number of nitrogens with zero attached hydrogens (tertiary/aromatic N) is 1. The van der Waals surface area contributed by atoms with Gasteiger partial charge in [-0.3, -0.25) is 9.69 Å². The molecule has 0 N–H and O–H groups in total. The largest absolute Gasteiger partial charge is 0.377 e. The van der Waals surface area contributed by atoms with Gasteiger partial charge in [0.1, 0.15) is 5.78 Å². The zero-order valence-corrected chi connectivity index (χ0v) is 11.8. The predicted molar refractivity (Wildman–Crippen MR) is 70.2 cm³/mol. The maximum absolute atomic E-state index is 11.5. The van der Waals surface area contributed by atoms with Gasteiger partial charge >= 0.3 is 0 Å². The molecule has 1 atom stereocenters. The van der Waals surface area contributed by atoms with Crippen molar-refractivity contribution in [2.75, 3.05) is 26.2 Å². The molecule has 0 aromatic carbocycles. The number of ketones is 1. The van der Waals surface area contributed by atoms with E-state index < -0.39 is 0 Å². The Balaban J connectivity index is 2.41. The fourth-order valence-electron chi connectivity index (χ4n) is 2.25. The zero-order valence-electron chi connectivity index (χ0n) is 11.8. The van der Waals surface area contributed by atoms with Gasteiger partial charge in [0, 0.05) is 25.1 Å². The molecule has 1 aliphatic heterocycles. The summed E-state index contributed by atoms with van der Waals surface area (Å²) in [6.07, 6.45) is 3.79. The first-order valence-electron chi connectivity index (χ1n) is 6.80. The summed E-state index contributed by atoms with van der Waals surface area (Å²) in [5.41, 5.74) is -0.230. The van der Waals surface area contributed by atoms with Crippen LogP contribution in [0.5, 0.6) is 0 Å². The molecule has 0 spiro atoms. The second kappa shape index (κ2) is 6.50. The Hall–Kier alpha value is -0.410. The molecule has 1 heterocycles. The van der Waals surface area contributed by atoms with Crippen LogP contribution < -0.4 is 0 Å². The predicted octanol–water partition coefficient (Wildman–Crippen LogP) is 2.49. The molecule has 1 saturated heterocycles. The molecular formula is C14H27NO2. The second-order valence-electron chi connectivity index (χ2n) is 5.81. The maximum atomic E-state index is 11.5. The Morgan fingerprint density at radius 3 is 2.76 bits per heavy atom. The van der Waals surface area contributed by atoms with Crippen LogP contribution in [0.3, 0.4) is 0 Å². The number of rotatable bonds is 6. The van der Waals surface area contributed by atoms with Gasteiger partial charge in [0.25, 0.3) is 0 Å². The Morgan fingerprint density at radius 1 is 1.47 bits per heavy atom. The molecule has 1 unspecified atom stereocenters. The molecule has 0 radical (unpaired) electrons. The van der Waals surface area contributed by atoms with E-state index in [1.165, 1.54) is 6.42 Å². The minimum atomic E-state index is -0.230. The number of likely N-dealkylation sites (tertiary alicyclic amines) is 1. The van der Waals surface area contributed by atoms with Crippen molar-refractivity contribution in [3.05, 3.63) is 0 Å². The van der Waals surface area contributed by atoms with Crippen LogP contribution in [0.15, 0.2) is 0 Å². The number of carbonyl (C=O) groups excluding carboxylic acids is 1. The molecule has 0 amide bonds. The van der Waals surface area contributed by atoms with Crippen molar-refractivity contribution in [2.45, 2.75) is 53.1 Å². The maximum Gasteiger partial charge on any atom is 0.136 e. The highest BCUT2D eigenvalue weighted by Gasteiger charge is 2.29. The average Bonchev–Trinajstić information content (AvgIpc) is 2.26. The number of piperidine rings is 1. The lowest BCUT2D eigenvalue weighted by atomic mass is 9.87. The van der Waals surface area contributed by atoms with Gasteiger partial charge in [-0.1, -0.05) is 20.8 Å². The average molecular weight is 241 g/mol. The van der Waals surface area contributed by atoms with E-state index in [-0.39, 0.29) is 11.2 Å². The fraction of sp³-hybridized carbons (Fsp3) is 0.929. The third kappa shape index (κ3) is 4.76. The van der Waals surface area contributed by atoms with Gasteiger partial charge in [0.05, 0.1) is 6.10 Å². The third-order valence-electron chi connectivity index (χ3n) is 3.59. The van der Waals surface area contributed by atoms with E-state index in [0.717, 1.165) is 39.1 Å². The number of hydrogen-bond acceptors (Lipinski definition) is 3. The summed E-state index contributed by atoms with van der Waals surface area (Å²) in [4.78, 5) is 13.9. The molecule has 0 aliphatic carbocycles. The normalized spacial score (nSPS) is 22.7. The van der Waals surface area contributed by atoms with Crippen LogP contribution in [0.2, 0.25) is 0 Å². The SMILES string of the molecule is CCCOC1CCCN(CC(C)(C)C(C)=O)C1. The van der Waals surface area contributed by atoms with Crippen molar-refractivity contribution in [2.24, 2.45) is 5.41 Å². The van der Waals surface area contributed by atoms with E-state index in [0.29, 0.717) is 6.10 Å². The molecule has 17 heavy (non-hydrogen) atoms. The van der Waals surface area contributed by atoms with Gasteiger partial charge < -0.3 is 4.74 Å². The Morgan fingerprint density at radius 2 is 2.18 bits per heavy atom. The molecular weight excluding hydrogens is 214 g/mol. The number of carbonyl (C=O) groups is 1. The van der Waals surface area contributed by atoms with Crippen molar-refractivity contribution in [3.8, 4) is 0 Å². The highest BCUT2D eigenvalue weighted by Crippen LogP contribution is 2.22. The summed E-state index contributed by atoms with van der Waals surface area (Å²) in [5.74, 6) is 0.272. The minimum absolute atomic E-state index is 0.230. The van der Waals surface area contributed by atoms with Crippen LogP contribution in [-0.2, 0) is 9.53 Å². The van der Waals surface area contributed by atoms with Gasteiger partial charge in [-0.05, 0) is 32.7 Å². The molecule has 0 aromatic heterocycles. The van der Waals surface area contributed by atoms with Crippen LogP contribution in [0, 0.1) is 5.41 Å². The highest BCUT2D eigenvalue weighted by atomic mass is 16.5. The van der Waals surface area contributed by atoms with E-state index in [1.807, 2.05) is 13.8 Å². The summed E-state index contributed by atoms with van der Waals surface area (Å²) >= 11 is 0. The van der Waals surface area contributed by atoms with Crippen molar-refractivity contribution < 1.29 is 9.53 Å². The van der Waals surface area contributed by atoms with Gasteiger partial charge in [-0.15, -0.1) is 0 Å². The summed E-state index contributed by atoms with van der Waals surface area (Å²) in [7, 11) is 0. The van der Waals surface area contributed by atoms with E-state index in [4.69, 9.17) is 4.74 Å². The van der Waals surface area contributed by atoms with Crippen LogP contribution in [0.25, 0.3) is 0 Å². The van der Waals surface area contributed by atoms with Gasteiger partial charge in [0.2, 0.25) is 0 Å². The topological polar surface area (TPSA) is 29.5 Å². The summed E-state index contributed by atoms with van der Waals surface area (Å²) < 4.78 is 5.81. The molecule has 0 saturated carbocycles. The fourth-order valence-corrected chi connectivity index (χ4v) is 2.25. The lowest BCUT2D eigenvalue weighted by Crippen LogP contribution is -2.45. The standard InChI is InChI=1S/C14H27NO2/c1-5-9-17-13-7-6-8-15(10-13)11-14(3,4)12(2)16/h13H,5-11H2,1-4H3. The lowest BCUT2D eigenvalue weighted by molar-refractivity contribution is -0.126. The third-order valence-corrected chi connectivity index (χ3v) is 3.59. The first-order valence-corrected chi connectivity index (χ1v) is 6.80. The smallest absolute Gasteiger partial charge is 0.136 e. The number of ether oxygens (including phenoxy) is 1. The summed E-state index contributed by atoms with van der Waals surface area (Å²) in [6.45, 7) is 11.7. The molecule has 1 aliphatic rings. The summed E-state index contributed by atoms with van der Waals surface area (Å²) in [6, 6.07) is 0. The zero-order chi connectivity index (χ0) is 12.9. The van der Waals surface area contributed by atoms with Crippen LogP contribution >= 0.6 is 0 Å². The van der Waals surface area contributed by atoms with Gasteiger partial charge in [-0.25, -0.2) is 0 Å². The molecule has 1 rings (SSSR count).